The van der Waals surface area contributed by atoms with Gasteiger partial charge in [0.1, 0.15) is 11.9 Å². The summed E-state index contributed by atoms with van der Waals surface area (Å²) < 4.78 is 10.9. The van der Waals surface area contributed by atoms with Gasteiger partial charge in [-0.2, -0.15) is 0 Å². The number of carbonyl (C=O) groups excluding carboxylic acids is 1. The number of oxazole rings is 1. The second-order valence-corrected chi connectivity index (χ2v) is 6.15. The fourth-order valence-electron chi connectivity index (χ4n) is 2.57. The molecule has 0 radical (unpaired) electrons. The molecule has 3 rings (SSSR count). The number of hydrogen-bond donors (Lipinski definition) is 0. The summed E-state index contributed by atoms with van der Waals surface area (Å²) in [7, 11) is 0. The van der Waals surface area contributed by atoms with Crippen LogP contribution in [0.5, 0.6) is 0 Å². The molecule has 0 bridgehead atoms. The largest absolute Gasteiger partial charge is 0.452 e. The molecule has 1 atom stereocenters. The predicted octanol–water partition coefficient (Wildman–Crippen LogP) is 3.49. The average Bonchev–Trinajstić information content (AvgIpc) is 3.13. The molecule has 0 spiro atoms. The third kappa shape index (κ3) is 2.72. The first-order valence-corrected chi connectivity index (χ1v) is 8.16. The molecule has 2 aromatic rings. The molecule has 0 N–H and O–H groups in total. The Morgan fingerprint density at radius 1 is 1.48 bits per heavy atom. The molecule has 1 aliphatic rings. The number of aromatic nitrogens is 2. The van der Waals surface area contributed by atoms with Crippen molar-refractivity contribution in [3.8, 4) is 0 Å². The molecule has 0 amide bonds. The highest BCUT2D eigenvalue weighted by atomic mass is 32.1. The van der Waals surface area contributed by atoms with Crippen LogP contribution in [0.2, 0.25) is 0 Å². The van der Waals surface area contributed by atoms with Crippen LogP contribution in [0.15, 0.2) is 10.8 Å². The van der Waals surface area contributed by atoms with Gasteiger partial charge in [0.2, 0.25) is 0 Å². The lowest BCUT2D eigenvalue weighted by atomic mass is 10.0. The van der Waals surface area contributed by atoms with Gasteiger partial charge in [0.15, 0.2) is 12.1 Å². The standard InChI is InChI=1S/C15H18N2O3S/c1-3-10-13(16-8-19-10)15(18)20-11-7-5-6-9-14(11)21-12(4-2)17-9/h8,11H,3-7H2,1-2H3/t11-/m1/s1. The van der Waals surface area contributed by atoms with Gasteiger partial charge in [0, 0.05) is 6.42 Å². The molecule has 5 nitrogen and oxygen atoms in total. The van der Waals surface area contributed by atoms with Crippen molar-refractivity contribution in [2.75, 3.05) is 0 Å². The van der Waals surface area contributed by atoms with Crippen LogP contribution in [0.1, 0.15) is 64.6 Å². The number of rotatable bonds is 4. The van der Waals surface area contributed by atoms with Crippen LogP contribution in [0, 0.1) is 0 Å². The smallest absolute Gasteiger partial charge is 0.361 e. The number of carbonyl (C=O) groups is 1. The van der Waals surface area contributed by atoms with Crippen LogP contribution in [-0.2, 0) is 24.0 Å². The SMILES string of the molecule is CCc1nc2c(s1)[C@H](OC(=O)c1ncoc1CC)CCC2. The maximum atomic E-state index is 12.3. The predicted molar refractivity (Wildman–Crippen MR) is 78.5 cm³/mol. The van der Waals surface area contributed by atoms with E-state index in [1.807, 2.05) is 6.92 Å². The van der Waals surface area contributed by atoms with E-state index in [4.69, 9.17) is 9.15 Å². The molecule has 1 aliphatic carbocycles. The van der Waals surface area contributed by atoms with Gasteiger partial charge in [-0.05, 0) is 25.7 Å². The monoisotopic (exact) mass is 306 g/mol. The van der Waals surface area contributed by atoms with Crippen molar-refractivity contribution in [2.24, 2.45) is 0 Å². The minimum Gasteiger partial charge on any atom is -0.452 e. The minimum absolute atomic E-state index is 0.194. The average molecular weight is 306 g/mol. The second-order valence-electron chi connectivity index (χ2n) is 5.04. The normalized spacial score (nSPS) is 17.5. The van der Waals surface area contributed by atoms with E-state index in [-0.39, 0.29) is 6.10 Å². The van der Waals surface area contributed by atoms with E-state index >= 15 is 0 Å². The number of thiazole rings is 1. The Hall–Kier alpha value is -1.69. The lowest BCUT2D eigenvalue weighted by Crippen LogP contribution is -2.16. The van der Waals surface area contributed by atoms with Gasteiger partial charge in [0.05, 0.1) is 15.6 Å². The number of fused-ring (bicyclic) bond motifs is 1. The van der Waals surface area contributed by atoms with Crippen LogP contribution in [0.3, 0.4) is 0 Å². The van der Waals surface area contributed by atoms with Crippen LogP contribution >= 0.6 is 11.3 Å². The van der Waals surface area contributed by atoms with Crippen molar-refractivity contribution >= 4 is 17.3 Å². The Morgan fingerprint density at radius 2 is 2.33 bits per heavy atom. The van der Waals surface area contributed by atoms with E-state index in [9.17, 15) is 4.79 Å². The molecule has 0 unspecified atom stereocenters. The van der Waals surface area contributed by atoms with Gasteiger partial charge in [-0.3, -0.25) is 0 Å². The number of hydrogen-bond acceptors (Lipinski definition) is 6. The summed E-state index contributed by atoms with van der Waals surface area (Å²) in [6.45, 7) is 4.01. The van der Waals surface area contributed by atoms with Crippen LogP contribution in [-0.4, -0.2) is 15.9 Å². The molecule has 0 saturated heterocycles. The molecule has 21 heavy (non-hydrogen) atoms. The van der Waals surface area contributed by atoms with Gasteiger partial charge < -0.3 is 9.15 Å². The molecule has 0 aromatic carbocycles. The second kappa shape index (κ2) is 5.97. The van der Waals surface area contributed by atoms with Crippen molar-refractivity contribution in [1.29, 1.82) is 0 Å². The maximum Gasteiger partial charge on any atom is 0.361 e. The third-order valence-electron chi connectivity index (χ3n) is 3.65. The summed E-state index contributed by atoms with van der Waals surface area (Å²) >= 11 is 1.66. The Bertz CT molecular complexity index is 647. The Kier molecular flexibility index (Phi) is 4.05. The van der Waals surface area contributed by atoms with Crippen molar-refractivity contribution in [3.05, 3.63) is 33.4 Å². The summed E-state index contributed by atoms with van der Waals surface area (Å²) in [6, 6.07) is 0. The highest BCUT2D eigenvalue weighted by Gasteiger charge is 2.29. The summed E-state index contributed by atoms with van der Waals surface area (Å²) in [5, 5.41) is 1.11. The molecule has 2 aromatic heterocycles. The van der Waals surface area contributed by atoms with Gasteiger partial charge in [-0.15, -0.1) is 11.3 Å². The Labute approximate surface area is 127 Å². The zero-order valence-corrected chi connectivity index (χ0v) is 13.0. The van der Waals surface area contributed by atoms with Gasteiger partial charge >= 0.3 is 5.97 Å². The topological polar surface area (TPSA) is 65.2 Å². The molecule has 2 heterocycles. The number of esters is 1. The first-order chi connectivity index (χ1) is 10.2. The van der Waals surface area contributed by atoms with E-state index in [1.54, 1.807) is 11.3 Å². The summed E-state index contributed by atoms with van der Waals surface area (Å²) in [5.41, 5.74) is 1.39. The van der Waals surface area contributed by atoms with E-state index in [2.05, 4.69) is 16.9 Å². The van der Waals surface area contributed by atoms with Gasteiger partial charge in [0.25, 0.3) is 0 Å². The number of aryl methyl sites for hydroxylation is 3. The molecular formula is C15H18N2O3S. The van der Waals surface area contributed by atoms with Crippen LogP contribution in [0.4, 0.5) is 0 Å². The van der Waals surface area contributed by atoms with E-state index in [0.717, 1.165) is 41.3 Å². The zero-order valence-electron chi connectivity index (χ0n) is 12.2. The number of ether oxygens (including phenoxy) is 1. The fourth-order valence-corrected chi connectivity index (χ4v) is 3.68. The maximum absolute atomic E-state index is 12.3. The Morgan fingerprint density at radius 3 is 3.10 bits per heavy atom. The third-order valence-corrected chi connectivity index (χ3v) is 4.99. The lowest BCUT2D eigenvalue weighted by molar-refractivity contribution is 0.0256. The summed E-state index contributed by atoms with van der Waals surface area (Å²) in [4.78, 5) is 22.0. The van der Waals surface area contributed by atoms with Crippen molar-refractivity contribution in [2.45, 2.75) is 52.1 Å². The van der Waals surface area contributed by atoms with E-state index in [1.165, 1.54) is 6.39 Å². The quantitative estimate of drug-likeness (QED) is 0.809. The Balaban J connectivity index is 1.80. The summed E-state index contributed by atoms with van der Waals surface area (Å²) in [5.74, 6) is 0.180. The molecule has 6 heteroatoms. The first-order valence-electron chi connectivity index (χ1n) is 7.34. The molecule has 0 aliphatic heterocycles. The van der Waals surface area contributed by atoms with Gasteiger partial charge in [-0.1, -0.05) is 13.8 Å². The van der Waals surface area contributed by atoms with Crippen molar-refractivity contribution < 1.29 is 13.9 Å². The van der Waals surface area contributed by atoms with E-state index in [0.29, 0.717) is 17.9 Å². The summed E-state index contributed by atoms with van der Waals surface area (Å²) in [6.07, 6.45) is 5.47. The van der Waals surface area contributed by atoms with Crippen LogP contribution in [0.25, 0.3) is 0 Å². The zero-order chi connectivity index (χ0) is 14.8. The van der Waals surface area contributed by atoms with Crippen molar-refractivity contribution in [1.82, 2.24) is 9.97 Å². The molecule has 0 saturated carbocycles. The minimum atomic E-state index is -0.398. The van der Waals surface area contributed by atoms with E-state index < -0.39 is 5.97 Å². The highest BCUT2D eigenvalue weighted by molar-refractivity contribution is 7.11. The van der Waals surface area contributed by atoms with Crippen LogP contribution < -0.4 is 0 Å². The molecule has 112 valence electrons. The fraction of sp³-hybridized carbons (Fsp3) is 0.533. The number of nitrogens with zero attached hydrogens (tertiary/aromatic N) is 2. The molecular weight excluding hydrogens is 288 g/mol. The van der Waals surface area contributed by atoms with Gasteiger partial charge in [-0.25, -0.2) is 14.8 Å². The lowest BCUT2D eigenvalue weighted by Gasteiger charge is -2.21. The highest BCUT2D eigenvalue weighted by Crippen LogP contribution is 2.37. The van der Waals surface area contributed by atoms with Crippen molar-refractivity contribution in [3.63, 3.8) is 0 Å². The molecule has 0 fully saturated rings. The first kappa shape index (κ1) is 14.3.